The maximum atomic E-state index is 4.04. The van der Waals surface area contributed by atoms with Crippen LogP contribution in [0.4, 0.5) is 0 Å². The van der Waals surface area contributed by atoms with Gasteiger partial charge in [0.25, 0.3) is 0 Å². The lowest BCUT2D eigenvalue weighted by Crippen LogP contribution is -2.44. The van der Waals surface area contributed by atoms with Crippen LogP contribution in [0.15, 0.2) is 35.4 Å². The Balaban J connectivity index is 1.82. The van der Waals surface area contributed by atoms with Crippen molar-refractivity contribution in [2.75, 3.05) is 0 Å². The second-order valence-electron chi connectivity index (χ2n) is 2.77. The highest BCUT2D eigenvalue weighted by Crippen LogP contribution is 1.92. The Kier molecular flexibility index (Phi) is 3.04. The van der Waals surface area contributed by atoms with Crippen molar-refractivity contribution >= 4 is 6.21 Å². The molecule has 0 aliphatic carbocycles. The minimum Gasteiger partial charge on any atom is -0.277 e. The van der Waals surface area contributed by atoms with Gasteiger partial charge in [0.05, 0.1) is 6.21 Å². The normalized spacial score (nSPS) is 17.7. The van der Waals surface area contributed by atoms with Crippen molar-refractivity contribution in [3.8, 4) is 0 Å². The summed E-state index contributed by atoms with van der Waals surface area (Å²) in [7, 11) is 0. The van der Waals surface area contributed by atoms with Gasteiger partial charge in [0, 0.05) is 0 Å². The largest absolute Gasteiger partial charge is 0.277 e. The van der Waals surface area contributed by atoms with E-state index < -0.39 is 0 Å². The molecule has 1 aromatic rings. The number of hydrazine groups is 3. The number of hydrazone groups is 1. The van der Waals surface area contributed by atoms with Gasteiger partial charge in [-0.15, -0.1) is 0 Å². The highest BCUT2D eigenvalue weighted by atomic mass is 15.9. The van der Waals surface area contributed by atoms with Gasteiger partial charge in [-0.1, -0.05) is 30.3 Å². The van der Waals surface area contributed by atoms with Crippen LogP contribution >= 0.6 is 0 Å². The summed E-state index contributed by atoms with van der Waals surface area (Å²) in [5, 5.41) is 4.04. The summed E-state index contributed by atoms with van der Waals surface area (Å²) in [6, 6.07) is 9.88. The molecule has 0 saturated carbocycles. The van der Waals surface area contributed by atoms with Crippen LogP contribution < -0.4 is 27.3 Å². The van der Waals surface area contributed by atoms with E-state index in [2.05, 4.69) is 32.4 Å². The Bertz CT molecular complexity index is 292. The molecular formula is C8H12N6. The third kappa shape index (κ3) is 2.51. The first-order chi connectivity index (χ1) is 6.95. The number of benzene rings is 1. The molecular weight excluding hydrogens is 180 g/mol. The van der Waals surface area contributed by atoms with Gasteiger partial charge in [-0.2, -0.15) is 16.2 Å². The van der Waals surface area contributed by atoms with Crippen LogP contribution in [0, 0.1) is 0 Å². The van der Waals surface area contributed by atoms with E-state index in [-0.39, 0.29) is 6.29 Å². The zero-order chi connectivity index (χ0) is 9.64. The number of rotatable bonds is 3. The number of nitrogens with zero attached hydrogens (tertiary/aromatic N) is 1. The van der Waals surface area contributed by atoms with E-state index in [1.807, 2.05) is 30.3 Å². The van der Waals surface area contributed by atoms with E-state index in [1.165, 1.54) is 0 Å². The van der Waals surface area contributed by atoms with Crippen molar-refractivity contribution in [2.45, 2.75) is 6.29 Å². The Morgan fingerprint density at radius 2 is 1.86 bits per heavy atom. The molecule has 0 amide bonds. The van der Waals surface area contributed by atoms with Gasteiger partial charge in [0.2, 0.25) is 0 Å². The lowest BCUT2D eigenvalue weighted by atomic mass is 10.2. The van der Waals surface area contributed by atoms with Crippen molar-refractivity contribution in [3.05, 3.63) is 35.9 Å². The quantitative estimate of drug-likeness (QED) is 0.314. The minimum absolute atomic E-state index is 0.116. The molecule has 0 spiro atoms. The van der Waals surface area contributed by atoms with Crippen LogP contribution in [0.1, 0.15) is 5.56 Å². The maximum absolute atomic E-state index is 4.04. The van der Waals surface area contributed by atoms with Crippen molar-refractivity contribution in [1.29, 1.82) is 0 Å². The van der Waals surface area contributed by atoms with E-state index in [0.29, 0.717) is 0 Å². The SMILES string of the molecule is C(=N\NC1NNNN1)/c1ccccc1. The number of hydrogen-bond donors (Lipinski definition) is 5. The van der Waals surface area contributed by atoms with Gasteiger partial charge in [-0.3, -0.25) is 5.43 Å². The summed E-state index contributed by atoms with van der Waals surface area (Å²) in [6.07, 6.45) is 1.64. The monoisotopic (exact) mass is 192 g/mol. The second kappa shape index (κ2) is 4.68. The number of nitrogens with one attached hydrogen (secondary N) is 5. The third-order valence-electron chi connectivity index (χ3n) is 1.71. The predicted molar refractivity (Wildman–Crippen MR) is 53.5 cm³/mol. The molecule has 0 aromatic heterocycles. The third-order valence-corrected chi connectivity index (χ3v) is 1.71. The molecule has 5 N–H and O–H groups in total. The molecule has 1 aliphatic heterocycles. The van der Waals surface area contributed by atoms with Crippen molar-refractivity contribution in [2.24, 2.45) is 5.10 Å². The van der Waals surface area contributed by atoms with E-state index >= 15 is 0 Å². The van der Waals surface area contributed by atoms with Gasteiger partial charge in [0.1, 0.15) is 0 Å². The molecule has 1 fully saturated rings. The lowest BCUT2D eigenvalue weighted by Gasteiger charge is -2.06. The Morgan fingerprint density at radius 3 is 2.57 bits per heavy atom. The molecule has 1 aliphatic rings. The molecule has 6 heteroatoms. The minimum atomic E-state index is -0.116. The second-order valence-corrected chi connectivity index (χ2v) is 2.77. The molecule has 6 nitrogen and oxygen atoms in total. The molecule has 1 aromatic carbocycles. The van der Waals surface area contributed by atoms with Crippen LogP contribution in [-0.2, 0) is 0 Å². The Hall–Kier alpha value is -1.47. The van der Waals surface area contributed by atoms with Crippen LogP contribution in [0.3, 0.4) is 0 Å². The summed E-state index contributed by atoms with van der Waals surface area (Å²) in [5.41, 5.74) is 14.9. The van der Waals surface area contributed by atoms with Gasteiger partial charge in [0.15, 0.2) is 6.29 Å². The predicted octanol–water partition coefficient (Wildman–Crippen LogP) is -0.989. The molecule has 0 bridgehead atoms. The van der Waals surface area contributed by atoms with Gasteiger partial charge in [-0.05, 0) is 5.56 Å². The molecule has 1 heterocycles. The molecule has 1 saturated heterocycles. The first kappa shape index (κ1) is 9.10. The average molecular weight is 192 g/mol. The maximum Gasteiger partial charge on any atom is 0.175 e. The molecule has 0 atom stereocenters. The summed E-state index contributed by atoms with van der Waals surface area (Å²) < 4.78 is 0. The topological polar surface area (TPSA) is 72.5 Å². The van der Waals surface area contributed by atoms with Crippen molar-refractivity contribution in [3.63, 3.8) is 0 Å². The van der Waals surface area contributed by atoms with Crippen LogP contribution in [0.2, 0.25) is 0 Å². The fraction of sp³-hybridized carbons (Fsp3) is 0.125. The van der Waals surface area contributed by atoms with Crippen LogP contribution in [0.25, 0.3) is 0 Å². The first-order valence-corrected chi connectivity index (χ1v) is 4.30. The van der Waals surface area contributed by atoms with Gasteiger partial charge < -0.3 is 0 Å². The number of hydrogen-bond acceptors (Lipinski definition) is 6. The van der Waals surface area contributed by atoms with E-state index in [0.717, 1.165) is 5.56 Å². The van der Waals surface area contributed by atoms with Crippen molar-refractivity contribution in [1.82, 2.24) is 27.3 Å². The first-order valence-electron chi connectivity index (χ1n) is 4.30. The van der Waals surface area contributed by atoms with Gasteiger partial charge >= 0.3 is 0 Å². The van der Waals surface area contributed by atoms with Crippen LogP contribution in [-0.4, -0.2) is 12.5 Å². The standard InChI is InChI=1S/C8H12N6/c1-2-4-7(5-3-1)6-9-10-8-11-13-14-12-8/h1-6,8,10-14H/b9-6+. The summed E-state index contributed by atoms with van der Waals surface area (Å²) in [5.74, 6) is 0. The zero-order valence-electron chi connectivity index (χ0n) is 7.49. The zero-order valence-corrected chi connectivity index (χ0v) is 7.49. The molecule has 2 rings (SSSR count). The summed E-state index contributed by atoms with van der Waals surface area (Å²) >= 11 is 0. The van der Waals surface area contributed by atoms with E-state index in [1.54, 1.807) is 6.21 Å². The fourth-order valence-electron chi connectivity index (χ4n) is 1.04. The highest BCUT2D eigenvalue weighted by Gasteiger charge is 2.08. The average Bonchev–Trinajstić information content (AvgIpc) is 2.72. The fourth-order valence-corrected chi connectivity index (χ4v) is 1.04. The van der Waals surface area contributed by atoms with E-state index in [4.69, 9.17) is 0 Å². The summed E-state index contributed by atoms with van der Waals surface area (Å²) in [4.78, 5) is 0. The van der Waals surface area contributed by atoms with Crippen molar-refractivity contribution < 1.29 is 0 Å². The smallest absolute Gasteiger partial charge is 0.175 e. The van der Waals surface area contributed by atoms with Crippen LogP contribution in [0.5, 0.6) is 0 Å². The highest BCUT2D eigenvalue weighted by molar-refractivity contribution is 5.79. The molecule has 14 heavy (non-hydrogen) atoms. The molecule has 0 unspecified atom stereocenters. The molecule has 0 radical (unpaired) electrons. The Labute approximate surface area is 81.7 Å². The summed E-state index contributed by atoms with van der Waals surface area (Å²) in [6.45, 7) is 0. The van der Waals surface area contributed by atoms with E-state index in [9.17, 15) is 0 Å². The Morgan fingerprint density at radius 1 is 1.14 bits per heavy atom. The molecule has 74 valence electrons. The van der Waals surface area contributed by atoms with Gasteiger partial charge in [-0.25, -0.2) is 10.9 Å². The lowest BCUT2D eigenvalue weighted by molar-refractivity contribution is 0.439.